The minimum absolute atomic E-state index is 0.388. The van der Waals surface area contributed by atoms with Crippen molar-refractivity contribution in [3.63, 3.8) is 0 Å². The fourth-order valence-electron chi connectivity index (χ4n) is 2.11. The van der Waals surface area contributed by atoms with Crippen LogP contribution in [-0.4, -0.2) is 23.9 Å². The topological polar surface area (TPSA) is 20.3 Å². The van der Waals surface area contributed by atoms with Crippen LogP contribution in [0.2, 0.25) is 0 Å². The predicted molar refractivity (Wildman–Crippen MR) is 59.1 cm³/mol. The SMILES string of the molecule is CCCCC1CC(=O)N(CCCC)C1. The Morgan fingerprint density at radius 2 is 2.00 bits per heavy atom. The second-order valence-electron chi connectivity index (χ2n) is 4.41. The fourth-order valence-corrected chi connectivity index (χ4v) is 2.11. The first-order valence-electron chi connectivity index (χ1n) is 6.05. The summed E-state index contributed by atoms with van der Waals surface area (Å²) in [7, 11) is 0. The molecule has 14 heavy (non-hydrogen) atoms. The van der Waals surface area contributed by atoms with E-state index in [0.717, 1.165) is 25.9 Å². The summed E-state index contributed by atoms with van der Waals surface area (Å²) in [4.78, 5) is 13.6. The third kappa shape index (κ3) is 3.32. The Labute approximate surface area is 87.7 Å². The number of likely N-dealkylation sites (tertiary alicyclic amines) is 1. The lowest BCUT2D eigenvalue weighted by Gasteiger charge is -2.15. The van der Waals surface area contributed by atoms with Gasteiger partial charge in [-0.1, -0.05) is 33.1 Å². The summed E-state index contributed by atoms with van der Waals surface area (Å²) in [6.45, 7) is 6.40. The molecule has 0 saturated carbocycles. The Bertz CT molecular complexity index is 179. The van der Waals surface area contributed by atoms with Crippen molar-refractivity contribution in [1.29, 1.82) is 0 Å². The van der Waals surface area contributed by atoms with Crippen LogP contribution in [0, 0.1) is 5.92 Å². The van der Waals surface area contributed by atoms with Gasteiger partial charge in [-0.3, -0.25) is 4.79 Å². The molecule has 1 aliphatic rings. The molecular weight excluding hydrogens is 174 g/mol. The molecule has 1 aliphatic heterocycles. The van der Waals surface area contributed by atoms with Crippen LogP contribution in [0.25, 0.3) is 0 Å². The first-order chi connectivity index (χ1) is 6.77. The van der Waals surface area contributed by atoms with Gasteiger partial charge in [-0.05, 0) is 18.8 Å². The van der Waals surface area contributed by atoms with Crippen molar-refractivity contribution in [1.82, 2.24) is 4.90 Å². The molecule has 0 aromatic heterocycles. The Hall–Kier alpha value is -0.530. The summed E-state index contributed by atoms with van der Waals surface area (Å²) < 4.78 is 0. The zero-order chi connectivity index (χ0) is 10.4. The summed E-state index contributed by atoms with van der Waals surface area (Å²) in [5.41, 5.74) is 0. The number of amides is 1. The predicted octanol–water partition coefficient (Wildman–Crippen LogP) is 2.83. The molecule has 1 amide bonds. The van der Waals surface area contributed by atoms with E-state index in [4.69, 9.17) is 0 Å². The maximum Gasteiger partial charge on any atom is 0.222 e. The minimum Gasteiger partial charge on any atom is -0.342 e. The van der Waals surface area contributed by atoms with Gasteiger partial charge >= 0.3 is 0 Å². The molecule has 2 nitrogen and oxygen atoms in total. The van der Waals surface area contributed by atoms with Crippen molar-refractivity contribution < 1.29 is 4.79 Å². The van der Waals surface area contributed by atoms with Gasteiger partial charge in [-0.15, -0.1) is 0 Å². The minimum atomic E-state index is 0.388. The average Bonchev–Trinajstić information content (AvgIpc) is 2.53. The van der Waals surface area contributed by atoms with E-state index in [2.05, 4.69) is 18.7 Å². The second-order valence-corrected chi connectivity index (χ2v) is 4.41. The van der Waals surface area contributed by atoms with Gasteiger partial charge in [0.15, 0.2) is 0 Å². The molecule has 82 valence electrons. The van der Waals surface area contributed by atoms with Gasteiger partial charge in [-0.2, -0.15) is 0 Å². The highest BCUT2D eigenvalue weighted by atomic mass is 16.2. The smallest absolute Gasteiger partial charge is 0.222 e. The highest BCUT2D eigenvalue weighted by molar-refractivity contribution is 5.78. The van der Waals surface area contributed by atoms with Gasteiger partial charge in [0.1, 0.15) is 0 Å². The van der Waals surface area contributed by atoms with E-state index in [9.17, 15) is 4.79 Å². The van der Waals surface area contributed by atoms with Crippen LogP contribution < -0.4 is 0 Å². The van der Waals surface area contributed by atoms with E-state index >= 15 is 0 Å². The summed E-state index contributed by atoms with van der Waals surface area (Å²) >= 11 is 0. The molecule has 0 radical (unpaired) electrons. The lowest BCUT2D eigenvalue weighted by molar-refractivity contribution is -0.127. The van der Waals surface area contributed by atoms with Crippen molar-refractivity contribution in [3.8, 4) is 0 Å². The molecule has 2 heteroatoms. The lowest BCUT2D eigenvalue weighted by Crippen LogP contribution is -2.26. The number of nitrogens with zero attached hydrogens (tertiary/aromatic N) is 1. The van der Waals surface area contributed by atoms with Crippen LogP contribution in [0.3, 0.4) is 0 Å². The normalized spacial score (nSPS) is 22.0. The molecule has 1 fully saturated rings. The average molecular weight is 197 g/mol. The maximum atomic E-state index is 11.6. The summed E-state index contributed by atoms with van der Waals surface area (Å²) in [6.07, 6.45) is 6.92. The van der Waals surface area contributed by atoms with E-state index in [1.807, 2.05) is 0 Å². The molecule has 0 spiro atoms. The third-order valence-electron chi connectivity index (χ3n) is 3.04. The van der Waals surface area contributed by atoms with Crippen LogP contribution >= 0.6 is 0 Å². The molecule has 0 N–H and O–H groups in total. The van der Waals surface area contributed by atoms with Crippen molar-refractivity contribution in [2.24, 2.45) is 5.92 Å². The van der Waals surface area contributed by atoms with E-state index in [1.54, 1.807) is 0 Å². The number of hydrogen-bond acceptors (Lipinski definition) is 1. The van der Waals surface area contributed by atoms with Crippen LogP contribution in [0.15, 0.2) is 0 Å². The van der Waals surface area contributed by atoms with E-state index in [-0.39, 0.29) is 0 Å². The highest BCUT2D eigenvalue weighted by Gasteiger charge is 2.27. The largest absolute Gasteiger partial charge is 0.342 e. The van der Waals surface area contributed by atoms with Crippen LogP contribution in [0.4, 0.5) is 0 Å². The first-order valence-corrected chi connectivity index (χ1v) is 6.05. The van der Waals surface area contributed by atoms with Gasteiger partial charge < -0.3 is 4.90 Å². The second kappa shape index (κ2) is 6.05. The molecule has 1 unspecified atom stereocenters. The number of unbranched alkanes of at least 4 members (excludes halogenated alkanes) is 2. The molecule has 0 bridgehead atoms. The number of carbonyl (C=O) groups excluding carboxylic acids is 1. The van der Waals surface area contributed by atoms with Gasteiger partial charge in [-0.25, -0.2) is 0 Å². The van der Waals surface area contributed by atoms with Crippen molar-refractivity contribution in [2.75, 3.05) is 13.1 Å². The fraction of sp³-hybridized carbons (Fsp3) is 0.917. The molecule has 0 aromatic carbocycles. The van der Waals surface area contributed by atoms with Crippen molar-refractivity contribution in [3.05, 3.63) is 0 Å². The molecule has 0 aliphatic carbocycles. The molecule has 1 heterocycles. The summed E-state index contributed by atoms with van der Waals surface area (Å²) in [5.74, 6) is 1.04. The lowest BCUT2D eigenvalue weighted by atomic mass is 10.0. The molecule has 1 rings (SSSR count). The first kappa shape index (κ1) is 11.5. The Morgan fingerprint density at radius 3 is 2.64 bits per heavy atom. The maximum absolute atomic E-state index is 11.6. The third-order valence-corrected chi connectivity index (χ3v) is 3.04. The zero-order valence-electron chi connectivity index (χ0n) is 9.59. The molecule has 0 aromatic rings. The Balaban J connectivity index is 2.24. The van der Waals surface area contributed by atoms with Crippen LogP contribution in [-0.2, 0) is 4.79 Å². The van der Waals surface area contributed by atoms with Gasteiger partial charge in [0.25, 0.3) is 0 Å². The van der Waals surface area contributed by atoms with E-state index in [0.29, 0.717) is 11.8 Å². The number of rotatable bonds is 6. The van der Waals surface area contributed by atoms with Crippen LogP contribution in [0.5, 0.6) is 0 Å². The molecule has 1 saturated heterocycles. The number of hydrogen-bond donors (Lipinski definition) is 0. The Kier molecular flexibility index (Phi) is 4.99. The van der Waals surface area contributed by atoms with Gasteiger partial charge in [0.2, 0.25) is 5.91 Å². The molecule has 1 atom stereocenters. The quantitative estimate of drug-likeness (QED) is 0.641. The highest BCUT2D eigenvalue weighted by Crippen LogP contribution is 2.22. The summed E-state index contributed by atoms with van der Waals surface area (Å²) in [5, 5.41) is 0. The Morgan fingerprint density at radius 1 is 1.29 bits per heavy atom. The monoisotopic (exact) mass is 197 g/mol. The van der Waals surface area contributed by atoms with Gasteiger partial charge in [0, 0.05) is 19.5 Å². The summed E-state index contributed by atoms with van der Waals surface area (Å²) in [6, 6.07) is 0. The molecular formula is C12H23NO. The van der Waals surface area contributed by atoms with Crippen molar-refractivity contribution in [2.45, 2.75) is 52.4 Å². The van der Waals surface area contributed by atoms with Crippen molar-refractivity contribution >= 4 is 5.91 Å². The van der Waals surface area contributed by atoms with E-state index in [1.165, 1.54) is 25.7 Å². The zero-order valence-corrected chi connectivity index (χ0v) is 9.59. The van der Waals surface area contributed by atoms with E-state index < -0.39 is 0 Å². The standard InChI is InChI=1S/C12H23NO/c1-3-5-7-11-9-12(14)13(10-11)8-6-4-2/h11H,3-10H2,1-2H3. The van der Waals surface area contributed by atoms with Gasteiger partial charge in [0.05, 0.1) is 0 Å². The number of carbonyl (C=O) groups is 1. The van der Waals surface area contributed by atoms with Crippen LogP contribution in [0.1, 0.15) is 52.4 Å².